The number of aldehydes is 1. The molecule has 0 aliphatic carbocycles. The summed E-state index contributed by atoms with van der Waals surface area (Å²) in [4.78, 5) is 12.7. The summed E-state index contributed by atoms with van der Waals surface area (Å²) < 4.78 is 90.6. The largest absolute Gasteiger partial charge is 0.416 e. The number of unbranched alkanes of at least 4 members (excludes halogenated alkanes) is 2. The van der Waals surface area contributed by atoms with Crippen LogP contribution >= 0.6 is 0 Å². The van der Waals surface area contributed by atoms with Crippen molar-refractivity contribution in [3.63, 3.8) is 0 Å². The summed E-state index contributed by atoms with van der Waals surface area (Å²) in [6, 6.07) is 10.2. The monoisotopic (exact) mass is 489 g/mol. The van der Waals surface area contributed by atoms with Gasteiger partial charge in [-0.3, -0.25) is 4.90 Å². The minimum Gasteiger partial charge on any atom is -0.349 e. The van der Waals surface area contributed by atoms with Crippen molar-refractivity contribution in [2.75, 3.05) is 19.7 Å². The van der Waals surface area contributed by atoms with Gasteiger partial charge in [0.1, 0.15) is 6.29 Å². The highest BCUT2D eigenvalue weighted by Gasteiger charge is 2.38. The first-order chi connectivity index (χ1) is 16.1. The quantitative estimate of drug-likeness (QED) is 0.246. The Hall–Kier alpha value is -2.43. The number of carbonyl (C=O) groups excluding carboxylic acids is 1. The zero-order chi connectivity index (χ0) is 24.8. The van der Waals surface area contributed by atoms with E-state index in [1.165, 1.54) is 0 Å². The number of rotatable bonds is 9. The molecule has 186 valence electrons. The van der Waals surface area contributed by atoms with Crippen LogP contribution in [0.5, 0.6) is 0 Å². The number of morpholine rings is 1. The number of ether oxygens (including phenoxy) is 2. The summed E-state index contributed by atoms with van der Waals surface area (Å²) in [6.07, 6.45) is -8.01. The number of benzene rings is 2. The highest BCUT2D eigenvalue weighted by molar-refractivity contribution is 5.48. The maximum absolute atomic E-state index is 13.2. The van der Waals surface area contributed by atoms with Crippen LogP contribution in [0.25, 0.3) is 0 Å². The SMILES string of the molecule is O=CCCCCN1CCOC(OCc2cc(C(F)(F)F)cc(C(F)(F)F)c2)C1c1ccccc1. The molecule has 0 radical (unpaired) electrons. The van der Waals surface area contributed by atoms with Gasteiger partial charge < -0.3 is 14.3 Å². The van der Waals surface area contributed by atoms with Crippen molar-refractivity contribution in [1.82, 2.24) is 4.90 Å². The van der Waals surface area contributed by atoms with Crippen LogP contribution in [0.2, 0.25) is 0 Å². The smallest absolute Gasteiger partial charge is 0.349 e. The number of hydrogen-bond acceptors (Lipinski definition) is 4. The molecule has 2 atom stereocenters. The molecule has 2 unspecified atom stereocenters. The molecule has 10 heteroatoms. The Kier molecular flexibility index (Phi) is 8.72. The molecular weight excluding hydrogens is 464 g/mol. The van der Waals surface area contributed by atoms with Gasteiger partial charge in [0.2, 0.25) is 0 Å². The van der Waals surface area contributed by atoms with Crippen LogP contribution in [-0.2, 0) is 33.2 Å². The second-order valence-corrected chi connectivity index (χ2v) is 8.02. The number of nitrogens with zero attached hydrogens (tertiary/aromatic N) is 1. The fraction of sp³-hybridized carbons (Fsp3) is 0.458. The third-order valence-corrected chi connectivity index (χ3v) is 5.53. The molecule has 2 aromatic carbocycles. The Morgan fingerprint density at radius 2 is 1.62 bits per heavy atom. The van der Waals surface area contributed by atoms with Gasteiger partial charge in [-0.05, 0) is 48.7 Å². The van der Waals surface area contributed by atoms with E-state index in [-0.39, 0.29) is 18.2 Å². The average Bonchev–Trinajstić information content (AvgIpc) is 2.80. The van der Waals surface area contributed by atoms with Crippen LogP contribution in [0.4, 0.5) is 26.3 Å². The van der Waals surface area contributed by atoms with Crippen LogP contribution in [0.3, 0.4) is 0 Å². The van der Waals surface area contributed by atoms with Crippen molar-refractivity contribution < 1.29 is 40.6 Å². The van der Waals surface area contributed by atoms with E-state index < -0.39 is 42.4 Å². The molecule has 3 rings (SSSR count). The van der Waals surface area contributed by atoms with E-state index in [4.69, 9.17) is 9.47 Å². The van der Waals surface area contributed by atoms with E-state index in [2.05, 4.69) is 4.90 Å². The molecule has 1 aliphatic rings. The number of alkyl halides is 6. The fourth-order valence-electron chi connectivity index (χ4n) is 3.92. The van der Waals surface area contributed by atoms with Crippen LogP contribution in [-0.4, -0.2) is 37.2 Å². The molecule has 0 spiro atoms. The Morgan fingerprint density at radius 3 is 2.21 bits per heavy atom. The molecule has 1 aliphatic heterocycles. The number of hydrogen-bond donors (Lipinski definition) is 0. The van der Waals surface area contributed by atoms with E-state index in [1.54, 1.807) is 0 Å². The molecule has 0 saturated carbocycles. The summed E-state index contributed by atoms with van der Waals surface area (Å²) in [5.74, 6) is 0. The molecule has 2 aromatic rings. The third kappa shape index (κ3) is 7.04. The average molecular weight is 489 g/mol. The summed E-state index contributed by atoms with van der Waals surface area (Å²) in [5.41, 5.74) is -2.17. The molecule has 4 nitrogen and oxygen atoms in total. The summed E-state index contributed by atoms with van der Waals surface area (Å²) >= 11 is 0. The van der Waals surface area contributed by atoms with Gasteiger partial charge in [0.05, 0.1) is 30.4 Å². The summed E-state index contributed by atoms with van der Waals surface area (Å²) in [6.45, 7) is 1.01. The molecule has 1 fully saturated rings. The number of halogens is 6. The molecule has 1 heterocycles. The maximum Gasteiger partial charge on any atom is 0.416 e. The van der Waals surface area contributed by atoms with E-state index in [0.29, 0.717) is 38.1 Å². The molecule has 0 amide bonds. The third-order valence-electron chi connectivity index (χ3n) is 5.53. The van der Waals surface area contributed by atoms with Crippen LogP contribution in [0, 0.1) is 0 Å². The van der Waals surface area contributed by atoms with Crippen molar-refractivity contribution in [2.45, 2.75) is 50.6 Å². The standard InChI is InChI=1S/C24H25F6NO3/c25-23(26,27)19-13-17(14-20(15-19)24(28,29)30)16-34-22-21(18-7-3-1-4-8-18)31(10-12-33-22)9-5-2-6-11-32/h1,3-4,7-8,11,13-15,21-22H,2,5-6,9-10,12,16H2. The molecule has 1 saturated heterocycles. The van der Waals surface area contributed by atoms with Crippen molar-refractivity contribution in [2.24, 2.45) is 0 Å². The lowest BCUT2D eigenvalue weighted by Crippen LogP contribution is -2.46. The van der Waals surface area contributed by atoms with E-state index in [1.807, 2.05) is 30.3 Å². The Labute approximate surface area is 193 Å². The van der Waals surface area contributed by atoms with Gasteiger partial charge in [-0.2, -0.15) is 26.3 Å². The molecular formula is C24H25F6NO3. The Balaban J connectivity index is 1.82. The van der Waals surface area contributed by atoms with Crippen molar-refractivity contribution in [3.05, 3.63) is 70.8 Å². The summed E-state index contributed by atoms with van der Waals surface area (Å²) in [5, 5.41) is 0. The van der Waals surface area contributed by atoms with Crippen molar-refractivity contribution in [1.29, 1.82) is 0 Å². The van der Waals surface area contributed by atoms with Gasteiger partial charge >= 0.3 is 12.4 Å². The van der Waals surface area contributed by atoms with Gasteiger partial charge in [-0.25, -0.2) is 0 Å². The lowest BCUT2D eigenvalue weighted by Gasteiger charge is -2.41. The molecule has 34 heavy (non-hydrogen) atoms. The fourth-order valence-corrected chi connectivity index (χ4v) is 3.92. The summed E-state index contributed by atoms with van der Waals surface area (Å²) in [7, 11) is 0. The second-order valence-electron chi connectivity index (χ2n) is 8.02. The zero-order valence-electron chi connectivity index (χ0n) is 18.2. The second kappa shape index (κ2) is 11.3. The van der Waals surface area contributed by atoms with Gasteiger partial charge in [-0.1, -0.05) is 30.3 Å². The van der Waals surface area contributed by atoms with E-state index >= 15 is 0 Å². The van der Waals surface area contributed by atoms with Crippen LogP contribution < -0.4 is 0 Å². The maximum atomic E-state index is 13.2. The molecule has 0 aromatic heterocycles. The van der Waals surface area contributed by atoms with E-state index in [9.17, 15) is 31.1 Å². The van der Waals surface area contributed by atoms with Gasteiger partial charge in [0.15, 0.2) is 6.29 Å². The van der Waals surface area contributed by atoms with Crippen LogP contribution in [0.15, 0.2) is 48.5 Å². The predicted molar refractivity (Wildman–Crippen MR) is 112 cm³/mol. The van der Waals surface area contributed by atoms with Crippen molar-refractivity contribution in [3.8, 4) is 0 Å². The Morgan fingerprint density at radius 1 is 0.971 bits per heavy atom. The van der Waals surface area contributed by atoms with Gasteiger partial charge in [0, 0.05) is 13.0 Å². The lowest BCUT2D eigenvalue weighted by molar-refractivity contribution is -0.216. The first-order valence-electron chi connectivity index (χ1n) is 10.8. The Bertz CT molecular complexity index is 900. The van der Waals surface area contributed by atoms with Crippen LogP contribution in [0.1, 0.15) is 47.6 Å². The normalized spacial score (nSPS) is 19.8. The molecule has 0 bridgehead atoms. The minimum atomic E-state index is -4.93. The first kappa shape index (κ1) is 26.2. The van der Waals surface area contributed by atoms with E-state index in [0.717, 1.165) is 18.3 Å². The molecule has 0 N–H and O–H groups in total. The lowest BCUT2D eigenvalue weighted by atomic mass is 10.0. The topological polar surface area (TPSA) is 38.8 Å². The first-order valence-corrected chi connectivity index (χ1v) is 10.8. The minimum absolute atomic E-state index is 0.0917. The van der Waals surface area contributed by atoms with Gasteiger partial charge in [-0.15, -0.1) is 0 Å². The van der Waals surface area contributed by atoms with Crippen molar-refractivity contribution >= 4 is 6.29 Å². The number of carbonyl (C=O) groups is 1. The predicted octanol–water partition coefficient (Wildman–Crippen LogP) is 6.01. The zero-order valence-corrected chi connectivity index (χ0v) is 18.2. The highest BCUT2D eigenvalue weighted by Crippen LogP contribution is 2.37. The highest BCUT2D eigenvalue weighted by atomic mass is 19.4. The van der Waals surface area contributed by atoms with Gasteiger partial charge in [0.25, 0.3) is 0 Å².